The third-order valence-electron chi connectivity index (χ3n) is 2.69. The van der Waals surface area contributed by atoms with E-state index < -0.39 is 0 Å². The van der Waals surface area contributed by atoms with E-state index in [-0.39, 0.29) is 11.1 Å². The molecule has 0 aromatic carbocycles. The first-order chi connectivity index (χ1) is 8.56. The van der Waals surface area contributed by atoms with E-state index in [0.717, 1.165) is 19.5 Å². The summed E-state index contributed by atoms with van der Waals surface area (Å²) >= 11 is 5.94. The number of nitrogens with zero attached hydrogens (tertiary/aromatic N) is 3. The largest absolute Gasteiger partial charge is 0.339 e. The zero-order chi connectivity index (χ0) is 13.5. The van der Waals surface area contributed by atoms with Crippen molar-refractivity contribution in [2.75, 3.05) is 33.7 Å². The van der Waals surface area contributed by atoms with Gasteiger partial charge in [0.25, 0.3) is 5.91 Å². The first kappa shape index (κ1) is 14.9. The quantitative estimate of drug-likeness (QED) is 0.743. The molecule has 1 amide bonds. The van der Waals surface area contributed by atoms with Gasteiger partial charge in [0.1, 0.15) is 5.15 Å². The Bertz CT molecular complexity index is 396. The first-order valence-electron chi connectivity index (χ1n) is 6.10. The van der Waals surface area contributed by atoms with Gasteiger partial charge < -0.3 is 9.80 Å². The van der Waals surface area contributed by atoms with Crippen LogP contribution in [0.15, 0.2) is 18.3 Å². The van der Waals surface area contributed by atoms with Crippen molar-refractivity contribution in [2.24, 2.45) is 0 Å². The summed E-state index contributed by atoms with van der Waals surface area (Å²) in [4.78, 5) is 20.1. The van der Waals surface area contributed by atoms with Gasteiger partial charge in [-0.05, 0) is 46.1 Å². The van der Waals surface area contributed by atoms with Gasteiger partial charge in [0.05, 0.1) is 5.56 Å². The monoisotopic (exact) mass is 269 g/mol. The van der Waals surface area contributed by atoms with E-state index >= 15 is 0 Å². The standard InChI is InChI=1S/C13H20ClN3O/c1-4-17(10-6-9-16(2)3)13(18)11-7-5-8-15-12(11)14/h5,7-8H,4,6,9-10H2,1-3H3. The van der Waals surface area contributed by atoms with E-state index in [2.05, 4.69) is 9.88 Å². The highest BCUT2D eigenvalue weighted by atomic mass is 35.5. The summed E-state index contributed by atoms with van der Waals surface area (Å²) < 4.78 is 0. The molecule has 5 heteroatoms. The van der Waals surface area contributed by atoms with Crippen LogP contribution in [0.25, 0.3) is 0 Å². The van der Waals surface area contributed by atoms with Crippen molar-refractivity contribution in [3.8, 4) is 0 Å². The zero-order valence-corrected chi connectivity index (χ0v) is 11.9. The molecule has 0 N–H and O–H groups in total. The van der Waals surface area contributed by atoms with E-state index in [0.29, 0.717) is 12.1 Å². The van der Waals surface area contributed by atoms with Gasteiger partial charge in [-0.1, -0.05) is 11.6 Å². The van der Waals surface area contributed by atoms with Gasteiger partial charge in [0, 0.05) is 19.3 Å². The summed E-state index contributed by atoms with van der Waals surface area (Å²) in [6, 6.07) is 3.44. The maximum absolute atomic E-state index is 12.3. The lowest BCUT2D eigenvalue weighted by molar-refractivity contribution is 0.0759. The molecule has 1 heterocycles. The van der Waals surface area contributed by atoms with Crippen LogP contribution in [-0.4, -0.2) is 54.4 Å². The van der Waals surface area contributed by atoms with Crippen molar-refractivity contribution in [3.05, 3.63) is 29.0 Å². The fourth-order valence-electron chi connectivity index (χ4n) is 1.70. The Morgan fingerprint density at radius 1 is 1.39 bits per heavy atom. The number of carbonyl (C=O) groups is 1. The summed E-state index contributed by atoms with van der Waals surface area (Å²) in [5.74, 6) is -0.0469. The summed E-state index contributed by atoms with van der Waals surface area (Å²) in [5, 5.41) is 0.272. The molecule has 0 saturated carbocycles. The highest BCUT2D eigenvalue weighted by Gasteiger charge is 2.16. The number of hydrogen-bond acceptors (Lipinski definition) is 3. The van der Waals surface area contributed by atoms with E-state index in [1.807, 2.05) is 21.0 Å². The Morgan fingerprint density at radius 3 is 2.67 bits per heavy atom. The molecule has 100 valence electrons. The predicted molar refractivity (Wildman–Crippen MR) is 74.0 cm³/mol. The lowest BCUT2D eigenvalue weighted by atomic mass is 10.2. The fraction of sp³-hybridized carbons (Fsp3) is 0.538. The highest BCUT2D eigenvalue weighted by Crippen LogP contribution is 2.14. The molecule has 1 aromatic rings. The Kier molecular flexibility index (Phi) is 6.09. The minimum absolute atomic E-state index is 0.0469. The van der Waals surface area contributed by atoms with E-state index in [4.69, 9.17) is 11.6 Å². The molecule has 0 unspecified atom stereocenters. The molecule has 0 aliphatic rings. The predicted octanol–water partition coefficient (Wildman–Crippen LogP) is 2.15. The topological polar surface area (TPSA) is 36.4 Å². The fourth-order valence-corrected chi connectivity index (χ4v) is 1.90. The van der Waals surface area contributed by atoms with Crippen molar-refractivity contribution in [1.29, 1.82) is 0 Å². The van der Waals surface area contributed by atoms with Crippen molar-refractivity contribution in [3.63, 3.8) is 0 Å². The van der Waals surface area contributed by atoms with Gasteiger partial charge in [-0.3, -0.25) is 4.79 Å². The maximum Gasteiger partial charge on any atom is 0.256 e. The average Bonchev–Trinajstić information content (AvgIpc) is 2.34. The van der Waals surface area contributed by atoms with Gasteiger partial charge in [0.2, 0.25) is 0 Å². The van der Waals surface area contributed by atoms with Crippen molar-refractivity contribution >= 4 is 17.5 Å². The summed E-state index contributed by atoms with van der Waals surface area (Å²) in [6.45, 7) is 4.35. The third-order valence-corrected chi connectivity index (χ3v) is 2.99. The number of amides is 1. The Hall–Kier alpha value is -1.13. The molecular weight excluding hydrogens is 250 g/mol. The van der Waals surface area contributed by atoms with Crippen LogP contribution < -0.4 is 0 Å². The summed E-state index contributed by atoms with van der Waals surface area (Å²) in [5.41, 5.74) is 0.478. The van der Waals surface area contributed by atoms with Gasteiger partial charge in [0.15, 0.2) is 0 Å². The van der Waals surface area contributed by atoms with E-state index in [1.54, 1.807) is 23.2 Å². The lowest BCUT2D eigenvalue weighted by Gasteiger charge is -2.22. The number of halogens is 1. The minimum atomic E-state index is -0.0469. The van der Waals surface area contributed by atoms with Crippen LogP contribution in [0.5, 0.6) is 0 Å². The van der Waals surface area contributed by atoms with Gasteiger partial charge in [-0.15, -0.1) is 0 Å². The lowest BCUT2D eigenvalue weighted by Crippen LogP contribution is -2.33. The smallest absolute Gasteiger partial charge is 0.256 e. The molecule has 1 aromatic heterocycles. The highest BCUT2D eigenvalue weighted by molar-refractivity contribution is 6.32. The zero-order valence-electron chi connectivity index (χ0n) is 11.2. The molecular formula is C13H20ClN3O. The van der Waals surface area contributed by atoms with Crippen LogP contribution in [-0.2, 0) is 0 Å². The Morgan fingerprint density at radius 2 is 2.11 bits per heavy atom. The molecule has 0 aliphatic heterocycles. The summed E-state index contributed by atoms with van der Waals surface area (Å²) in [7, 11) is 4.05. The minimum Gasteiger partial charge on any atom is -0.339 e. The van der Waals surface area contributed by atoms with Crippen LogP contribution in [0.4, 0.5) is 0 Å². The SMILES string of the molecule is CCN(CCCN(C)C)C(=O)c1cccnc1Cl. The molecule has 0 atom stereocenters. The molecule has 0 spiro atoms. The number of carbonyl (C=O) groups excluding carboxylic acids is 1. The van der Waals surface area contributed by atoms with Gasteiger partial charge >= 0.3 is 0 Å². The molecule has 0 saturated heterocycles. The molecule has 0 fully saturated rings. The number of aromatic nitrogens is 1. The third kappa shape index (κ3) is 4.27. The normalized spacial score (nSPS) is 10.7. The average molecular weight is 270 g/mol. The summed E-state index contributed by atoms with van der Waals surface area (Å²) in [6.07, 6.45) is 2.53. The molecule has 4 nitrogen and oxygen atoms in total. The van der Waals surface area contributed by atoms with Crippen LogP contribution in [0.1, 0.15) is 23.7 Å². The Labute approximate surface area is 114 Å². The van der Waals surface area contributed by atoms with Crippen LogP contribution in [0, 0.1) is 0 Å². The van der Waals surface area contributed by atoms with Crippen molar-refractivity contribution in [2.45, 2.75) is 13.3 Å². The number of pyridine rings is 1. The van der Waals surface area contributed by atoms with Gasteiger partial charge in [-0.25, -0.2) is 4.98 Å². The molecule has 0 aliphatic carbocycles. The molecule has 18 heavy (non-hydrogen) atoms. The number of hydrogen-bond donors (Lipinski definition) is 0. The molecule has 0 radical (unpaired) electrons. The molecule has 0 bridgehead atoms. The number of rotatable bonds is 6. The van der Waals surface area contributed by atoms with Crippen molar-refractivity contribution < 1.29 is 4.79 Å². The Balaban J connectivity index is 2.65. The van der Waals surface area contributed by atoms with Gasteiger partial charge in [-0.2, -0.15) is 0 Å². The van der Waals surface area contributed by atoms with Crippen LogP contribution >= 0.6 is 11.6 Å². The molecule has 1 rings (SSSR count). The second-order valence-corrected chi connectivity index (χ2v) is 4.74. The van der Waals surface area contributed by atoms with Crippen LogP contribution in [0.3, 0.4) is 0 Å². The van der Waals surface area contributed by atoms with E-state index in [9.17, 15) is 4.79 Å². The van der Waals surface area contributed by atoms with Crippen LogP contribution in [0.2, 0.25) is 5.15 Å². The second kappa shape index (κ2) is 7.34. The second-order valence-electron chi connectivity index (χ2n) is 4.38. The maximum atomic E-state index is 12.3. The first-order valence-corrected chi connectivity index (χ1v) is 6.48. The van der Waals surface area contributed by atoms with E-state index in [1.165, 1.54) is 0 Å². The van der Waals surface area contributed by atoms with Crippen molar-refractivity contribution in [1.82, 2.24) is 14.8 Å².